The van der Waals surface area contributed by atoms with E-state index in [1.165, 1.54) is 12.1 Å². The van der Waals surface area contributed by atoms with Crippen LogP contribution in [-0.2, 0) is 0 Å². The van der Waals surface area contributed by atoms with E-state index in [2.05, 4.69) is 9.98 Å². The molecule has 1 aromatic carbocycles. The van der Waals surface area contributed by atoms with Gasteiger partial charge in [-0.1, -0.05) is 0 Å². The molecule has 2 aromatic rings. The number of rotatable bonds is 3. The van der Waals surface area contributed by atoms with E-state index in [0.717, 1.165) is 11.4 Å². The molecule has 0 unspecified atom stereocenters. The third-order valence-corrected chi connectivity index (χ3v) is 2.09. The van der Waals surface area contributed by atoms with E-state index >= 15 is 0 Å². The van der Waals surface area contributed by atoms with E-state index in [0.29, 0.717) is 0 Å². The van der Waals surface area contributed by atoms with Gasteiger partial charge in [0.1, 0.15) is 0 Å². The monoisotopic (exact) mass is 214 g/mol. The van der Waals surface area contributed by atoms with Gasteiger partial charge in [-0.3, -0.25) is 4.99 Å². The molecule has 0 aliphatic rings. The largest absolute Gasteiger partial charge is 0.478 e. The van der Waals surface area contributed by atoms with Crippen LogP contribution < -0.4 is 0 Å². The van der Waals surface area contributed by atoms with Gasteiger partial charge in [0.25, 0.3) is 0 Å². The van der Waals surface area contributed by atoms with E-state index in [9.17, 15) is 4.79 Å². The number of nitrogens with one attached hydrogen (secondary N) is 1. The highest BCUT2D eigenvalue weighted by Gasteiger charge is 2.00. The number of hydrogen-bond donors (Lipinski definition) is 2. The Bertz CT molecular complexity index is 498. The van der Waals surface area contributed by atoms with Gasteiger partial charge in [0.05, 0.1) is 23.2 Å². The maximum absolute atomic E-state index is 10.6. The van der Waals surface area contributed by atoms with Crippen LogP contribution in [0.4, 0.5) is 5.69 Å². The molecule has 0 radical (unpaired) electrons. The Hall–Kier alpha value is -2.36. The van der Waals surface area contributed by atoms with Crippen molar-refractivity contribution in [2.24, 2.45) is 4.99 Å². The molecule has 1 aromatic heterocycles. The van der Waals surface area contributed by atoms with E-state index in [1.54, 1.807) is 18.3 Å². The van der Waals surface area contributed by atoms with Gasteiger partial charge < -0.3 is 10.1 Å². The number of nitrogens with zero attached hydrogens (tertiary/aromatic N) is 1. The van der Waals surface area contributed by atoms with Gasteiger partial charge in [0.15, 0.2) is 0 Å². The Morgan fingerprint density at radius 2 is 2.00 bits per heavy atom. The van der Waals surface area contributed by atoms with Crippen LogP contribution in [0.2, 0.25) is 0 Å². The molecular formula is C12H10N2O2. The Kier molecular flexibility index (Phi) is 2.82. The molecule has 0 saturated carbocycles. The lowest BCUT2D eigenvalue weighted by Crippen LogP contribution is -1.94. The summed E-state index contributed by atoms with van der Waals surface area (Å²) in [5, 5.41) is 8.71. The van der Waals surface area contributed by atoms with Crippen LogP contribution in [0, 0.1) is 0 Å². The van der Waals surface area contributed by atoms with Crippen LogP contribution in [0.5, 0.6) is 0 Å². The quantitative estimate of drug-likeness (QED) is 0.771. The standard InChI is InChI=1S/C12H10N2O2/c15-12(16)9-3-5-10(6-4-9)14-8-11-2-1-7-13-11/h1-8,13H,(H,15,16). The molecule has 0 bridgehead atoms. The number of aliphatic imine (C=N–C) groups is 1. The molecule has 0 spiro atoms. The summed E-state index contributed by atoms with van der Waals surface area (Å²) in [7, 11) is 0. The second-order valence-corrected chi connectivity index (χ2v) is 3.24. The van der Waals surface area contributed by atoms with Crippen LogP contribution in [0.3, 0.4) is 0 Å². The maximum Gasteiger partial charge on any atom is 0.335 e. The SMILES string of the molecule is O=C(O)c1ccc(N=Cc2ccc[nH]2)cc1. The minimum Gasteiger partial charge on any atom is -0.478 e. The number of benzene rings is 1. The molecule has 0 aliphatic carbocycles. The van der Waals surface area contributed by atoms with Gasteiger partial charge in [-0.05, 0) is 36.4 Å². The Morgan fingerprint density at radius 3 is 2.56 bits per heavy atom. The van der Waals surface area contributed by atoms with E-state index in [-0.39, 0.29) is 5.56 Å². The van der Waals surface area contributed by atoms with Crippen LogP contribution in [0.25, 0.3) is 0 Å². The van der Waals surface area contributed by atoms with Crippen molar-refractivity contribution in [2.45, 2.75) is 0 Å². The lowest BCUT2D eigenvalue weighted by atomic mass is 10.2. The highest BCUT2D eigenvalue weighted by molar-refractivity contribution is 5.88. The fourth-order valence-electron chi connectivity index (χ4n) is 1.26. The first-order chi connectivity index (χ1) is 7.75. The average Bonchev–Trinajstić information content (AvgIpc) is 2.80. The highest BCUT2D eigenvalue weighted by atomic mass is 16.4. The predicted octanol–water partition coefficient (Wildman–Crippen LogP) is 2.46. The van der Waals surface area contributed by atoms with Crippen molar-refractivity contribution in [3.05, 3.63) is 53.9 Å². The molecule has 0 aliphatic heterocycles. The Morgan fingerprint density at radius 1 is 1.25 bits per heavy atom. The number of carboxylic acids is 1. The summed E-state index contributed by atoms with van der Waals surface area (Å²) < 4.78 is 0. The summed E-state index contributed by atoms with van der Waals surface area (Å²) >= 11 is 0. The molecule has 4 nitrogen and oxygen atoms in total. The van der Waals surface area contributed by atoms with Crippen molar-refractivity contribution < 1.29 is 9.90 Å². The van der Waals surface area contributed by atoms with Gasteiger partial charge in [-0.25, -0.2) is 4.79 Å². The first-order valence-electron chi connectivity index (χ1n) is 4.76. The van der Waals surface area contributed by atoms with E-state index in [1.807, 2.05) is 18.3 Å². The third-order valence-electron chi connectivity index (χ3n) is 2.09. The fraction of sp³-hybridized carbons (Fsp3) is 0. The van der Waals surface area contributed by atoms with Gasteiger partial charge >= 0.3 is 5.97 Å². The smallest absolute Gasteiger partial charge is 0.335 e. The lowest BCUT2D eigenvalue weighted by molar-refractivity contribution is 0.0697. The normalized spacial score (nSPS) is 10.8. The summed E-state index contributed by atoms with van der Waals surface area (Å²) in [5.41, 5.74) is 1.89. The number of aromatic amines is 1. The molecular weight excluding hydrogens is 204 g/mol. The number of aromatic carboxylic acids is 1. The number of H-pyrrole nitrogens is 1. The fourth-order valence-corrected chi connectivity index (χ4v) is 1.26. The summed E-state index contributed by atoms with van der Waals surface area (Å²) in [6, 6.07) is 10.2. The van der Waals surface area contributed by atoms with Crippen LogP contribution in [0.1, 0.15) is 16.1 Å². The van der Waals surface area contributed by atoms with Crippen LogP contribution >= 0.6 is 0 Å². The van der Waals surface area contributed by atoms with Crippen LogP contribution in [0.15, 0.2) is 47.6 Å². The highest BCUT2D eigenvalue weighted by Crippen LogP contribution is 2.12. The Labute approximate surface area is 92.3 Å². The molecule has 0 atom stereocenters. The minimum atomic E-state index is -0.931. The zero-order valence-corrected chi connectivity index (χ0v) is 8.42. The average molecular weight is 214 g/mol. The summed E-state index contributed by atoms with van der Waals surface area (Å²) in [6.45, 7) is 0. The second-order valence-electron chi connectivity index (χ2n) is 3.24. The molecule has 80 valence electrons. The van der Waals surface area contributed by atoms with Gasteiger partial charge in [-0.15, -0.1) is 0 Å². The van der Waals surface area contributed by atoms with Crippen molar-refractivity contribution in [3.63, 3.8) is 0 Å². The second kappa shape index (κ2) is 4.44. The van der Waals surface area contributed by atoms with Gasteiger partial charge in [0, 0.05) is 6.20 Å². The lowest BCUT2D eigenvalue weighted by Gasteiger charge is -1.95. The molecule has 0 amide bonds. The molecule has 4 heteroatoms. The molecule has 1 heterocycles. The Balaban J connectivity index is 2.14. The number of hydrogen-bond acceptors (Lipinski definition) is 2. The zero-order chi connectivity index (χ0) is 11.4. The zero-order valence-electron chi connectivity index (χ0n) is 8.42. The molecule has 0 saturated heterocycles. The van der Waals surface area contributed by atoms with Gasteiger partial charge in [0.2, 0.25) is 0 Å². The van der Waals surface area contributed by atoms with Crippen molar-refractivity contribution in [2.75, 3.05) is 0 Å². The van der Waals surface area contributed by atoms with E-state index in [4.69, 9.17) is 5.11 Å². The molecule has 2 N–H and O–H groups in total. The topological polar surface area (TPSA) is 65.4 Å². The summed E-state index contributed by atoms with van der Waals surface area (Å²) in [5.74, 6) is -0.931. The molecule has 0 fully saturated rings. The maximum atomic E-state index is 10.6. The van der Waals surface area contributed by atoms with Crippen molar-refractivity contribution in [3.8, 4) is 0 Å². The number of aromatic nitrogens is 1. The van der Waals surface area contributed by atoms with Gasteiger partial charge in [-0.2, -0.15) is 0 Å². The third kappa shape index (κ3) is 2.36. The minimum absolute atomic E-state index is 0.263. The van der Waals surface area contributed by atoms with Crippen molar-refractivity contribution in [1.29, 1.82) is 0 Å². The van der Waals surface area contributed by atoms with Crippen LogP contribution in [-0.4, -0.2) is 22.3 Å². The van der Waals surface area contributed by atoms with Crippen molar-refractivity contribution in [1.82, 2.24) is 4.98 Å². The molecule has 2 rings (SSSR count). The summed E-state index contributed by atoms with van der Waals surface area (Å²) in [4.78, 5) is 17.8. The van der Waals surface area contributed by atoms with Crippen molar-refractivity contribution >= 4 is 17.9 Å². The summed E-state index contributed by atoms with van der Waals surface area (Å²) in [6.07, 6.45) is 3.50. The molecule has 16 heavy (non-hydrogen) atoms. The first-order valence-corrected chi connectivity index (χ1v) is 4.76. The number of carboxylic acid groups (broad SMARTS) is 1. The van der Waals surface area contributed by atoms with E-state index < -0.39 is 5.97 Å². The number of carbonyl (C=O) groups is 1. The first kappa shape index (κ1) is 10.2. The predicted molar refractivity (Wildman–Crippen MR) is 61.4 cm³/mol.